The second-order valence-corrected chi connectivity index (χ2v) is 5.33. The topological polar surface area (TPSA) is 47.0 Å². The Hall–Kier alpha value is -1.76. The summed E-state index contributed by atoms with van der Waals surface area (Å²) in [6.07, 6.45) is -2.69. The fourth-order valence-electron chi connectivity index (χ4n) is 2.71. The van der Waals surface area contributed by atoms with Crippen LogP contribution in [0.15, 0.2) is 23.0 Å². The van der Waals surface area contributed by atoms with Crippen molar-refractivity contribution in [2.75, 3.05) is 13.2 Å². The Kier molecular flexibility index (Phi) is 3.52. The molecular formula is C14H15F3N2O2. The minimum absolute atomic E-state index is 0.224. The summed E-state index contributed by atoms with van der Waals surface area (Å²) in [5, 5.41) is 0. The lowest BCUT2D eigenvalue weighted by Gasteiger charge is -2.22. The normalized spacial score (nSPS) is 17.5. The van der Waals surface area contributed by atoms with Gasteiger partial charge in [0.2, 0.25) is 0 Å². The SMILES string of the molecule is O=c1[nH]c2cc(C(F)(F)F)ccc2n1CC1CCOCC1. The minimum atomic E-state index is -4.41. The summed E-state index contributed by atoms with van der Waals surface area (Å²) < 4.78 is 44.8. The third-order valence-corrected chi connectivity index (χ3v) is 3.88. The molecule has 1 aliphatic heterocycles. The number of hydrogen-bond acceptors (Lipinski definition) is 2. The van der Waals surface area contributed by atoms with Crippen molar-refractivity contribution in [3.8, 4) is 0 Å². The molecule has 3 rings (SSSR count). The summed E-state index contributed by atoms with van der Waals surface area (Å²) in [6.45, 7) is 1.84. The monoisotopic (exact) mass is 300 g/mol. The van der Waals surface area contributed by atoms with Crippen LogP contribution in [-0.4, -0.2) is 22.8 Å². The van der Waals surface area contributed by atoms with Crippen molar-refractivity contribution in [2.24, 2.45) is 5.92 Å². The predicted molar refractivity (Wildman–Crippen MR) is 71.1 cm³/mol. The maximum atomic E-state index is 12.7. The van der Waals surface area contributed by atoms with Gasteiger partial charge in [0.15, 0.2) is 0 Å². The van der Waals surface area contributed by atoms with E-state index in [1.165, 1.54) is 10.6 Å². The van der Waals surface area contributed by atoms with Gasteiger partial charge < -0.3 is 9.72 Å². The standard InChI is InChI=1S/C14H15F3N2O2/c15-14(16,17)10-1-2-12-11(7-10)18-13(20)19(12)8-9-3-5-21-6-4-9/h1-2,7,9H,3-6,8H2,(H,18,20). The molecular weight excluding hydrogens is 285 g/mol. The molecule has 1 aliphatic rings. The van der Waals surface area contributed by atoms with Crippen molar-refractivity contribution >= 4 is 11.0 Å². The van der Waals surface area contributed by atoms with Gasteiger partial charge in [0, 0.05) is 19.8 Å². The predicted octanol–water partition coefficient (Wildman–Crippen LogP) is 2.78. The highest BCUT2D eigenvalue weighted by Crippen LogP contribution is 2.31. The maximum Gasteiger partial charge on any atom is 0.416 e. The quantitative estimate of drug-likeness (QED) is 0.927. The summed E-state index contributed by atoms with van der Waals surface area (Å²) >= 11 is 0. The molecule has 0 bridgehead atoms. The molecule has 0 saturated carbocycles. The molecule has 1 saturated heterocycles. The summed E-state index contributed by atoms with van der Waals surface area (Å²) in [5.74, 6) is 0.317. The first-order chi connectivity index (χ1) is 9.95. The van der Waals surface area contributed by atoms with Crippen molar-refractivity contribution in [3.63, 3.8) is 0 Å². The lowest BCUT2D eigenvalue weighted by molar-refractivity contribution is -0.137. The van der Waals surface area contributed by atoms with Gasteiger partial charge in [0.05, 0.1) is 16.6 Å². The highest BCUT2D eigenvalue weighted by molar-refractivity contribution is 5.76. The number of nitrogens with zero attached hydrogens (tertiary/aromatic N) is 1. The molecule has 0 radical (unpaired) electrons. The molecule has 1 aromatic heterocycles. The van der Waals surface area contributed by atoms with Crippen LogP contribution in [0.25, 0.3) is 11.0 Å². The van der Waals surface area contributed by atoms with Crippen LogP contribution < -0.4 is 5.69 Å². The van der Waals surface area contributed by atoms with E-state index in [2.05, 4.69) is 4.98 Å². The van der Waals surface area contributed by atoms with E-state index in [1.807, 2.05) is 0 Å². The third-order valence-electron chi connectivity index (χ3n) is 3.88. The van der Waals surface area contributed by atoms with Crippen LogP contribution in [0.3, 0.4) is 0 Å². The first-order valence-electron chi connectivity index (χ1n) is 6.82. The molecule has 0 aliphatic carbocycles. The average Bonchev–Trinajstić information content (AvgIpc) is 2.75. The molecule has 2 aromatic rings. The number of aromatic amines is 1. The summed E-state index contributed by atoms with van der Waals surface area (Å²) in [7, 11) is 0. The van der Waals surface area contributed by atoms with E-state index >= 15 is 0 Å². The number of aromatic nitrogens is 2. The van der Waals surface area contributed by atoms with Gasteiger partial charge in [-0.1, -0.05) is 0 Å². The molecule has 1 N–H and O–H groups in total. The van der Waals surface area contributed by atoms with Crippen molar-refractivity contribution in [2.45, 2.75) is 25.6 Å². The third kappa shape index (κ3) is 2.83. The molecule has 21 heavy (non-hydrogen) atoms. The first kappa shape index (κ1) is 14.2. The number of rotatable bonds is 2. The number of fused-ring (bicyclic) bond motifs is 1. The van der Waals surface area contributed by atoms with Crippen molar-refractivity contribution in [3.05, 3.63) is 34.2 Å². The van der Waals surface area contributed by atoms with Gasteiger partial charge in [0.1, 0.15) is 0 Å². The van der Waals surface area contributed by atoms with Crippen LogP contribution in [0.5, 0.6) is 0 Å². The fourth-order valence-corrected chi connectivity index (χ4v) is 2.71. The second kappa shape index (κ2) is 5.22. The van der Waals surface area contributed by atoms with E-state index in [9.17, 15) is 18.0 Å². The Labute approximate surface area is 118 Å². The number of ether oxygens (including phenoxy) is 1. The highest BCUT2D eigenvalue weighted by atomic mass is 19.4. The maximum absolute atomic E-state index is 12.7. The van der Waals surface area contributed by atoms with E-state index < -0.39 is 11.7 Å². The summed E-state index contributed by atoms with van der Waals surface area (Å²) in [4.78, 5) is 14.5. The van der Waals surface area contributed by atoms with Crippen LogP contribution in [0.1, 0.15) is 18.4 Å². The fraction of sp³-hybridized carbons (Fsp3) is 0.500. The molecule has 7 heteroatoms. The van der Waals surface area contributed by atoms with E-state index in [0.717, 1.165) is 25.0 Å². The van der Waals surface area contributed by atoms with Gasteiger partial charge in [-0.3, -0.25) is 4.57 Å². The van der Waals surface area contributed by atoms with E-state index in [1.54, 1.807) is 0 Å². The number of hydrogen-bond donors (Lipinski definition) is 1. The molecule has 1 aromatic carbocycles. The molecule has 0 spiro atoms. The van der Waals surface area contributed by atoms with Gasteiger partial charge >= 0.3 is 11.9 Å². The van der Waals surface area contributed by atoms with E-state index in [-0.39, 0.29) is 11.2 Å². The number of H-pyrrole nitrogens is 1. The van der Waals surface area contributed by atoms with Gasteiger partial charge in [0.25, 0.3) is 0 Å². The van der Waals surface area contributed by atoms with E-state index in [0.29, 0.717) is 31.2 Å². The number of nitrogens with one attached hydrogen (secondary N) is 1. The Balaban J connectivity index is 1.95. The largest absolute Gasteiger partial charge is 0.416 e. The van der Waals surface area contributed by atoms with Gasteiger partial charge in [-0.05, 0) is 37.0 Å². The Morgan fingerprint density at radius 1 is 1.29 bits per heavy atom. The van der Waals surface area contributed by atoms with Gasteiger partial charge in [-0.25, -0.2) is 4.79 Å². The zero-order valence-electron chi connectivity index (χ0n) is 11.2. The molecule has 114 valence electrons. The Bertz CT molecular complexity index is 696. The lowest BCUT2D eigenvalue weighted by atomic mass is 10.0. The minimum Gasteiger partial charge on any atom is -0.381 e. The molecule has 0 amide bonds. The highest BCUT2D eigenvalue weighted by Gasteiger charge is 2.31. The molecule has 0 atom stereocenters. The van der Waals surface area contributed by atoms with Gasteiger partial charge in [-0.15, -0.1) is 0 Å². The molecule has 1 fully saturated rings. The lowest BCUT2D eigenvalue weighted by Crippen LogP contribution is -2.25. The summed E-state index contributed by atoms with van der Waals surface area (Å²) in [5.41, 5.74) is -0.383. The number of benzene rings is 1. The van der Waals surface area contributed by atoms with Crippen molar-refractivity contribution < 1.29 is 17.9 Å². The Morgan fingerprint density at radius 2 is 2.00 bits per heavy atom. The second-order valence-electron chi connectivity index (χ2n) is 5.33. The molecule has 2 heterocycles. The number of imidazole rings is 1. The zero-order valence-corrected chi connectivity index (χ0v) is 11.2. The van der Waals surface area contributed by atoms with E-state index in [4.69, 9.17) is 4.74 Å². The average molecular weight is 300 g/mol. The van der Waals surface area contributed by atoms with Crippen LogP contribution in [0, 0.1) is 5.92 Å². The van der Waals surface area contributed by atoms with Crippen LogP contribution in [0.4, 0.5) is 13.2 Å². The Morgan fingerprint density at radius 3 is 2.67 bits per heavy atom. The van der Waals surface area contributed by atoms with Crippen LogP contribution >= 0.6 is 0 Å². The summed E-state index contributed by atoms with van der Waals surface area (Å²) in [6, 6.07) is 3.35. The smallest absolute Gasteiger partial charge is 0.381 e. The number of alkyl halides is 3. The zero-order chi connectivity index (χ0) is 15.0. The van der Waals surface area contributed by atoms with Crippen molar-refractivity contribution in [1.29, 1.82) is 0 Å². The van der Waals surface area contributed by atoms with Gasteiger partial charge in [-0.2, -0.15) is 13.2 Å². The van der Waals surface area contributed by atoms with Crippen molar-refractivity contribution in [1.82, 2.24) is 9.55 Å². The molecule has 4 nitrogen and oxygen atoms in total. The first-order valence-corrected chi connectivity index (χ1v) is 6.82. The van der Waals surface area contributed by atoms with Crippen LogP contribution in [-0.2, 0) is 17.5 Å². The van der Waals surface area contributed by atoms with Crippen LogP contribution in [0.2, 0.25) is 0 Å². The number of halogens is 3. The molecule has 0 unspecified atom stereocenters.